The van der Waals surface area contributed by atoms with Gasteiger partial charge in [-0.25, -0.2) is 4.98 Å². The van der Waals surface area contributed by atoms with E-state index in [0.29, 0.717) is 5.39 Å². The SMILES string of the molecule is O=c1[nH]c(C[NH+]2CC[NH+](Cc3ccc(Cl)cc3)CC2)nc2ccccc12. The van der Waals surface area contributed by atoms with Crippen molar-refractivity contribution in [2.45, 2.75) is 13.1 Å². The largest absolute Gasteiger partial charge is 0.322 e. The summed E-state index contributed by atoms with van der Waals surface area (Å²) in [6.07, 6.45) is 0. The van der Waals surface area contributed by atoms with E-state index in [1.165, 1.54) is 10.5 Å². The van der Waals surface area contributed by atoms with Crippen LogP contribution in [-0.2, 0) is 13.1 Å². The molecule has 2 aromatic carbocycles. The Kier molecular flexibility index (Phi) is 5.02. The highest BCUT2D eigenvalue weighted by Gasteiger charge is 2.24. The number of aromatic nitrogens is 2. The van der Waals surface area contributed by atoms with Crippen molar-refractivity contribution in [2.75, 3.05) is 26.2 Å². The third kappa shape index (κ3) is 3.96. The second-order valence-electron chi connectivity index (χ2n) is 7.01. The fraction of sp³-hybridized carbons (Fsp3) is 0.300. The molecule has 4 rings (SSSR count). The third-order valence-electron chi connectivity index (χ3n) is 5.11. The Bertz CT molecular complexity index is 946. The fourth-order valence-electron chi connectivity index (χ4n) is 3.66. The van der Waals surface area contributed by atoms with Crippen LogP contribution >= 0.6 is 11.6 Å². The van der Waals surface area contributed by atoms with E-state index in [0.717, 1.165) is 55.6 Å². The van der Waals surface area contributed by atoms with Crippen LogP contribution in [0, 0.1) is 0 Å². The highest BCUT2D eigenvalue weighted by atomic mass is 35.5. The van der Waals surface area contributed by atoms with E-state index >= 15 is 0 Å². The molecule has 0 radical (unpaired) electrons. The van der Waals surface area contributed by atoms with Gasteiger partial charge in [0.15, 0.2) is 5.82 Å². The minimum absolute atomic E-state index is 0.0444. The smallest absolute Gasteiger partial charge is 0.258 e. The molecule has 0 spiro atoms. The van der Waals surface area contributed by atoms with Gasteiger partial charge in [-0.1, -0.05) is 35.9 Å². The number of nitrogens with one attached hydrogen (secondary N) is 3. The van der Waals surface area contributed by atoms with E-state index < -0.39 is 0 Å². The molecule has 1 aliphatic heterocycles. The number of aromatic amines is 1. The molecular weight excluding hydrogens is 348 g/mol. The number of fused-ring (bicyclic) bond motifs is 1. The molecule has 1 saturated heterocycles. The molecule has 0 saturated carbocycles. The van der Waals surface area contributed by atoms with Gasteiger partial charge in [0.05, 0.1) is 10.9 Å². The molecule has 0 amide bonds. The summed E-state index contributed by atoms with van der Waals surface area (Å²) < 4.78 is 0. The van der Waals surface area contributed by atoms with Crippen molar-refractivity contribution in [1.29, 1.82) is 0 Å². The van der Waals surface area contributed by atoms with E-state index in [1.807, 2.05) is 36.4 Å². The van der Waals surface area contributed by atoms with Crippen molar-refractivity contribution in [1.82, 2.24) is 9.97 Å². The van der Waals surface area contributed by atoms with Crippen molar-refractivity contribution < 1.29 is 9.80 Å². The first kappa shape index (κ1) is 17.2. The number of nitrogens with zero attached hydrogens (tertiary/aromatic N) is 1. The molecule has 1 fully saturated rings. The molecule has 0 bridgehead atoms. The van der Waals surface area contributed by atoms with Gasteiger partial charge in [0.2, 0.25) is 0 Å². The van der Waals surface area contributed by atoms with E-state index in [1.54, 1.807) is 4.90 Å². The first-order valence-corrected chi connectivity index (χ1v) is 9.45. The molecule has 5 nitrogen and oxygen atoms in total. The van der Waals surface area contributed by atoms with Crippen molar-refractivity contribution in [2.24, 2.45) is 0 Å². The average Bonchev–Trinajstić information content (AvgIpc) is 2.65. The number of benzene rings is 2. The van der Waals surface area contributed by atoms with Crippen molar-refractivity contribution in [3.8, 4) is 0 Å². The van der Waals surface area contributed by atoms with Gasteiger partial charge in [-0.15, -0.1) is 0 Å². The fourth-order valence-corrected chi connectivity index (χ4v) is 3.78. The molecule has 6 heteroatoms. The molecule has 1 aliphatic rings. The summed E-state index contributed by atoms with van der Waals surface area (Å²) in [4.78, 5) is 22.8. The molecule has 1 aromatic heterocycles. The second-order valence-corrected chi connectivity index (χ2v) is 7.45. The predicted octanol–water partition coefficient (Wildman–Crippen LogP) is 0.0601. The lowest BCUT2D eigenvalue weighted by molar-refractivity contribution is -1.02. The molecule has 0 aliphatic carbocycles. The quantitative estimate of drug-likeness (QED) is 0.608. The Morgan fingerprint density at radius 3 is 2.31 bits per heavy atom. The lowest BCUT2D eigenvalue weighted by Gasteiger charge is -2.29. The summed E-state index contributed by atoms with van der Waals surface area (Å²) >= 11 is 5.96. The van der Waals surface area contributed by atoms with Crippen LogP contribution in [0.1, 0.15) is 11.4 Å². The summed E-state index contributed by atoms with van der Waals surface area (Å²) in [6.45, 7) is 6.22. The normalized spacial score (nSPS) is 20.3. The highest BCUT2D eigenvalue weighted by molar-refractivity contribution is 6.30. The van der Waals surface area contributed by atoms with Crippen LogP contribution in [0.25, 0.3) is 10.9 Å². The lowest BCUT2D eigenvalue weighted by Crippen LogP contribution is -3.27. The zero-order chi connectivity index (χ0) is 17.9. The minimum atomic E-state index is -0.0444. The van der Waals surface area contributed by atoms with Gasteiger partial charge in [0.25, 0.3) is 5.56 Å². The van der Waals surface area contributed by atoms with Crippen LogP contribution in [0.4, 0.5) is 0 Å². The number of piperazine rings is 1. The zero-order valence-electron chi connectivity index (χ0n) is 14.6. The van der Waals surface area contributed by atoms with Gasteiger partial charge < -0.3 is 14.8 Å². The van der Waals surface area contributed by atoms with Gasteiger partial charge in [-0.05, 0) is 24.3 Å². The number of H-pyrrole nitrogens is 1. The maximum Gasteiger partial charge on any atom is 0.258 e. The van der Waals surface area contributed by atoms with Crippen molar-refractivity contribution in [3.63, 3.8) is 0 Å². The third-order valence-corrected chi connectivity index (χ3v) is 5.36. The van der Waals surface area contributed by atoms with Crippen LogP contribution in [0.3, 0.4) is 0 Å². The summed E-state index contributed by atoms with van der Waals surface area (Å²) in [7, 11) is 0. The molecular formula is C20H23ClN4O+2. The Balaban J connectivity index is 1.36. The standard InChI is InChI=1S/C20H21ClN4O/c21-16-7-5-15(6-8-16)13-24-9-11-25(12-10-24)14-19-22-18-4-2-1-3-17(18)20(26)23-19/h1-8H,9-14H2,(H,22,23,26)/p+2. The van der Waals surface area contributed by atoms with Gasteiger partial charge in [0, 0.05) is 10.6 Å². The summed E-state index contributed by atoms with van der Waals surface area (Å²) in [5.74, 6) is 0.782. The number of quaternary nitrogens is 2. The van der Waals surface area contributed by atoms with E-state index in [-0.39, 0.29) is 5.56 Å². The van der Waals surface area contributed by atoms with Gasteiger partial charge in [0.1, 0.15) is 39.3 Å². The van der Waals surface area contributed by atoms with E-state index in [2.05, 4.69) is 22.1 Å². The molecule has 3 aromatic rings. The van der Waals surface area contributed by atoms with Gasteiger partial charge in [-0.2, -0.15) is 0 Å². The number of hydrogen-bond donors (Lipinski definition) is 3. The summed E-state index contributed by atoms with van der Waals surface area (Å²) in [6, 6.07) is 15.6. The highest BCUT2D eigenvalue weighted by Crippen LogP contribution is 2.08. The number of rotatable bonds is 4. The molecule has 3 N–H and O–H groups in total. The minimum Gasteiger partial charge on any atom is -0.322 e. The zero-order valence-corrected chi connectivity index (χ0v) is 15.4. The number of halogens is 1. The van der Waals surface area contributed by atoms with Gasteiger partial charge in [-0.3, -0.25) is 4.79 Å². The average molecular weight is 371 g/mol. The monoisotopic (exact) mass is 370 g/mol. The Hall–Kier alpha value is -2.21. The number of hydrogen-bond acceptors (Lipinski definition) is 2. The van der Waals surface area contributed by atoms with Crippen LogP contribution < -0.4 is 15.4 Å². The van der Waals surface area contributed by atoms with Gasteiger partial charge >= 0.3 is 0 Å². The second kappa shape index (κ2) is 7.58. The maximum atomic E-state index is 12.2. The summed E-state index contributed by atoms with van der Waals surface area (Å²) in [5.41, 5.74) is 2.06. The Labute approximate surface area is 157 Å². The molecule has 26 heavy (non-hydrogen) atoms. The van der Waals surface area contributed by atoms with Crippen LogP contribution in [-0.4, -0.2) is 36.1 Å². The molecule has 0 atom stereocenters. The predicted molar refractivity (Wildman–Crippen MR) is 103 cm³/mol. The van der Waals surface area contributed by atoms with Crippen molar-refractivity contribution in [3.05, 3.63) is 75.3 Å². The lowest BCUT2D eigenvalue weighted by atomic mass is 10.2. The van der Waals surface area contributed by atoms with Crippen LogP contribution in [0.5, 0.6) is 0 Å². The van der Waals surface area contributed by atoms with E-state index in [4.69, 9.17) is 11.6 Å². The Morgan fingerprint density at radius 1 is 0.923 bits per heavy atom. The Morgan fingerprint density at radius 2 is 1.58 bits per heavy atom. The van der Waals surface area contributed by atoms with Crippen LogP contribution in [0.15, 0.2) is 53.3 Å². The molecule has 0 unspecified atom stereocenters. The molecule has 134 valence electrons. The number of para-hydroxylation sites is 1. The van der Waals surface area contributed by atoms with Crippen molar-refractivity contribution >= 4 is 22.5 Å². The topological polar surface area (TPSA) is 54.6 Å². The first-order valence-electron chi connectivity index (χ1n) is 9.07. The first-order chi connectivity index (χ1) is 12.7. The maximum absolute atomic E-state index is 12.2. The molecule has 2 heterocycles. The summed E-state index contributed by atoms with van der Waals surface area (Å²) in [5, 5.41) is 1.44. The van der Waals surface area contributed by atoms with E-state index in [9.17, 15) is 4.79 Å². The van der Waals surface area contributed by atoms with Crippen LogP contribution in [0.2, 0.25) is 5.02 Å².